The number of anilines is 1. The smallest absolute Gasteiger partial charge is 0.328 e. The highest BCUT2D eigenvalue weighted by Gasteiger charge is 2.63. The fourth-order valence-corrected chi connectivity index (χ4v) is 5.88. The Bertz CT molecular complexity index is 1490. The summed E-state index contributed by atoms with van der Waals surface area (Å²) in [5, 5.41) is 11.0. The molecular weight excluding hydrogens is 499 g/mol. The molecule has 5 heterocycles. The largest absolute Gasteiger partial charge is 0.372 e. The summed E-state index contributed by atoms with van der Waals surface area (Å²) in [6, 6.07) is 3.17. The third kappa shape index (κ3) is 3.45. The van der Waals surface area contributed by atoms with Crippen molar-refractivity contribution >= 4 is 40.4 Å². The van der Waals surface area contributed by atoms with Gasteiger partial charge in [0.15, 0.2) is 16.9 Å². The molecule has 5 amide bonds. The van der Waals surface area contributed by atoms with Gasteiger partial charge in [0.2, 0.25) is 17.4 Å². The first-order chi connectivity index (χ1) is 18.2. The van der Waals surface area contributed by atoms with Gasteiger partial charge in [0, 0.05) is 31.9 Å². The van der Waals surface area contributed by atoms with E-state index in [1.807, 2.05) is 0 Å². The van der Waals surface area contributed by atoms with E-state index < -0.39 is 47.1 Å². The molecule has 6 rings (SSSR count). The molecule has 1 aromatic carbocycles. The number of barbiturate groups is 1. The molecular formula is C25H23FN6O6. The van der Waals surface area contributed by atoms with Crippen LogP contribution >= 0.6 is 0 Å². The van der Waals surface area contributed by atoms with Crippen LogP contribution in [-0.4, -0.2) is 58.7 Å². The number of morpholine rings is 1. The summed E-state index contributed by atoms with van der Waals surface area (Å²) in [4.78, 5) is 57.0. The third-order valence-corrected chi connectivity index (χ3v) is 7.38. The van der Waals surface area contributed by atoms with Crippen LogP contribution in [0.25, 0.3) is 11.0 Å². The summed E-state index contributed by atoms with van der Waals surface area (Å²) in [7, 11) is 0. The molecule has 13 heteroatoms. The van der Waals surface area contributed by atoms with E-state index in [1.54, 1.807) is 43.3 Å². The number of carbonyl (C=O) groups excluding carboxylic acids is 4. The number of benzene rings is 1. The average Bonchev–Trinajstić information content (AvgIpc) is 3.30. The number of ether oxygens (including phenoxy) is 1. The van der Waals surface area contributed by atoms with E-state index in [0.717, 1.165) is 5.56 Å². The summed E-state index contributed by atoms with van der Waals surface area (Å²) in [6.45, 7) is 3.86. The molecule has 2 aromatic heterocycles. The molecule has 0 saturated carbocycles. The second-order valence-corrected chi connectivity index (χ2v) is 9.78. The lowest BCUT2D eigenvalue weighted by molar-refractivity contribution is -0.153. The number of hydrogen-bond donors (Lipinski definition) is 3. The maximum Gasteiger partial charge on any atom is 0.328 e. The second kappa shape index (κ2) is 8.58. The van der Waals surface area contributed by atoms with Crippen molar-refractivity contribution in [3.05, 3.63) is 53.2 Å². The molecule has 38 heavy (non-hydrogen) atoms. The lowest BCUT2D eigenvalue weighted by Gasteiger charge is -2.55. The van der Waals surface area contributed by atoms with Gasteiger partial charge in [0.1, 0.15) is 0 Å². The number of amides is 5. The lowest BCUT2D eigenvalue weighted by atomic mass is 9.66. The molecule has 3 aliphatic heterocycles. The highest BCUT2D eigenvalue weighted by atomic mass is 19.1. The van der Waals surface area contributed by atoms with Gasteiger partial charge in [-0.2, -0.15) is 0 Å². The minimum Gasteiger partial charge on any atom is -0.372 e. The van der Waals surface area contributed by atoms with Crippen LogP contribution in [0.15, 0.2) is 35.1 Å². The zero-order valence-corrected chi connectivity index (χ0v) is 20.4. The van der Waals surface area contributed by atoms with Crippen LogP contribution in [0, 0.1) is 11.2 Å². The molecule has 0 radical (unpaired) electrons. The topological polar surface area (TPSA) is 156 Å². The van der Waals surface area contributed by atoms with Crippen molar-refractivity contribution in [3.8, 4) is 0 Å². The summed E-state index contributed by atoms with van der Waals surface area (Å²) in [5.74, 6) is -2.93. The van der Waals surface area contributed by atoms with E-state index in [4.69, 9.17) is 9.26 Å². The number of rotatable bonds is 3. The van der Waals surface area contributed by atoms with Crippen LogP contribution in [-0.2, 0) is 27.3 Å². The quantitative estimate of drug-likeness (QED) is 0.430. The number of halogens is 1. The minimum atomic E-state index is -1.78. The zero-order chi connectivity index (χ0) is 26.8. The van der Waals surface area contributed by atoms with Crippen LogP contribution in [0.5, 0.6) is 0 Å². The van der Waals surface area contributed by atoms with Gasteiger partial charge < -0.3 is 19.5 Å². The Balaban J connectivity index is 1.46. The highest BCUT2D eigenvalue weighted by molar-refractivity contribution is 6.20. The maximum atomic E-state index is 16.1. The first-order valence-electron chi connectivity index (χ1n) is 12.1. The van der Waals surface area contributed by atoms with E-state index in [1.165, 1.54) is 6.07 Å². The second-order valence-electron chi connectivity index (χ2n) is 9.78. The standard InChI is InChI=1S/C25H23FN6O6/c1-11-10-32-18-14(8-25(20(32)12(2)37-11)22(34)29-24(36)30-23(25)35)7-15-17(31-38-19(15)16(18)26)21(33)28-9-13-3-5-27-6-4-13/h3-7,11-12,20H,8-10H2,1-2H3,(H,28,33)(H2,29,30,34,35,36)/t11-,12+,20-/m0/s1. The zero-order valence-electron chi connectivity index (χ0n) is 20.4. The minimum absolute atomic E-state index is 0.101. The summed E-state index contributed by atoms with van der Waals surface area (Å²) in [6.07, 6.45) is 1.95. The predicted molar refractivity (Wildman–Crippen MR) is 128 cm³/mol. The summed E-state index contributed by atoms with van der Waals surface area (Å²) < 4.78 is 27.3. The first-order valence-corrected chi connectivity index (χ1v) is 12.1. The normalized spacial score (nSPS) is 24.0. The van der Waals surface area contributed by atoms with E-state index >= 15 is 4.39 Å². The highest BCUT2D eigenvalue weighted by Crippen LogP contribution is 2.49. The van der Waals surface area contributed by atoms with Crippen LogP contribution in [0.3, 0.4) is 0 Å². The van der Waals surface area contributed by atoms with Gasteiger partial charge in [-0.3, -0.25) is 30.0 Å². The van der Waals surface area contributed by atoms with Gasteiger partial charge in [0.05, 0.1) is 29.3 Å². The number of aromatic nitrogens is 2. The number of nitrogens with one attached hydrogen (secondary N) is 3. The van der Waals surface area contributed by atoms with Crippen molar-refractivity contribution in [1.29, 1.82) is 0 Å². The Morgan fingerprint density at radius 1 is 1.21 bits per heavy atom. The molecule has 3 aromatic rings. The third-order valence-electron chi connectivity index (χ3n) is 7.38. The Morgan fingerprint density at radius 3 is 2.63 bits per heavy atom. The van der Waals surface area contributed by atoms with Crippen LogP contribution in [0.2, 0.25) is 0 Å². The van der Waals surface area contributed by atoms with Crippen molar-refractivity contribution in [2.45, 2.75) is 45.1 Å². The molecule has 3 aliphatic rings. The van der Waals surface area contributed by atoms with Crippen molar-refractivity contribution in [3.63, 3.8) is 0 Å². The molecule has 196 valence electrons. The average molecular weight is 522 g/mol. The van der Waals surface area contributed by atoms with E-state index in [-0.39, 0.29) is 48.0 Å². The summed E-state index contributed by atoms with van der Waals surface area (Å²) >= 11 is 0. The van der Waals surface area contributed by atoms with Crippen molar-refractivity contribution < 1.29 is 32.8 Å². The Morgan fingerprint density at radius 2 is 1.92 bits per heavy atom. The predicted octanol–water partition coefficient (Wildman–Crippen LogP) is 1.18. The number of hydrogen-bond acceptors (Lipinski definition) is 9. The van der Waals surface area contributed by atoms with Crippen LogP contribution < -0.4 is 20.9 Å². The summed E-state index contributed by atoms with van der Waals surface area (Å²) in [5.41, 5.74) is -0.875. The number of urea groups is 1. The SMILES string of the molecule is C[C@H]1CN2c3c(cc4c(C(=O)NCc5ccncc5)noc4c3F)CC3(C(=O)NC(=O)NC3=O)[C@@H]2[C@@H](C)O1. The van der Waals surface area contributed by atoms with Crippen LogP contribution in [0.4, 0.5) is 14.9 Å². The monoisotopic (exact) mass is 522 g/mol. The number of fused-ring (bicyclic) bond motifs is 5. The van der Waals surface area contributed by atoms with Gasteiger partial charge in [-0.05, 0) is 43.2 Å². The van der Waals surface area contributed by atoms with Crippen LogP contribution in [0.1, 0.15) is 35.5 Å². The molecule has 12 nitrogen and oxygen atoms in total. The number of pyridine rings is 1. The molecule has 1 spiro atoms. The van der Waals surface area contributed by atoms with E-state index in [9.17, 15) is 19.2 Å². The van der Waals surface area contributed by atoms with Crippen molar-refractivity contribution in [2.75, 3.05) is 11.4 Å². The van der Waals surface area contributed by atoms with E-state index in [0.29, 0.717) is 5.56 Å². The van der Waals surface area contributed by atoms with Gasteiger partial charge in [-0.1, -0.05) is 5.16 Å². The maximum absolute atomic E-state index is 16.1. The Kier molecular flexibility index (Phi) is 5.42. The number of nitrogens with zero attached hydrogens (tertiary/aromatic N) is 3. The molecule has 3 atom stereocenters. The van der Waals surface area contributed by atoms with Crippen molar-refractivity contribution in [2.24, 2.45) is 5.41 Å². The molecule has 0 unspecified atom stereocenters. The van der Waals surface area contributed by atoms with Gasteiger partial charge in [0.25, 0.3) is 5.91 Å². The first kappa shape index (κ1) is 24.0. The van der Waals surface area contributed by atoms with Gasteiger partial charge >= 0.3 is 6.03 Å². The van der Waals surface area contributed by atoms with Crippen molar-refractivity contribution in [1.82, 2.24) is 26.1 Å². The van der Waals surface area contributed by atoms with E-state index in [2.05, 4.69) is 26.1 Å². The van der Waals surface area contributed by atoms with Gasteiger partial charge in [-0.25, -0.2) is 9.18 Å². The lowest BCUT2D eigenvalue weighted by Crippen LogP contribution is -2.75. The molecule has 0 aliphatic carbocycles. The molecule has 2 fully saturated rings. The fraction of sp³-hybridized carbons (Fsp3) is 0.360. The molecule has 2 saturated heterocycles. The Labute approximate surface area is 214 Å². The number of imide groups is 2. The van der Waals surface area contributed by atoms with Gasteiger partial charge in [-0.15, -0.1) is 0 Å². The fourth-order valence-electron chi connectivity index (χ4n) is 5.88. The molecule has 0 bridgehead atoms. The number of carbonyl (C=O) groups is 4. The molecule has 3 N–H and O–H groups in total. The Hall–Kier alpha value is -4.39.